The molecular formula is C12H22O2. The Labute approximate surface area is 87.1 Å². The molecular weight excluding hydrogens is 176 g/mol. The van der Waals surface area contributed by atoms with Crippen molar-refractivity contribution >= 4 is 11.6 Å². The van der Waals surface area contributed by atoms with Crippen LogP contribution in [0.5, 0.6) is 0 Å². The Hall–Kier alpha value is -0.660. The van der Waals surface area contributed by atoms with Gasteiger partial charge < -0.3 is 0 Å². The molecule has 2 nitrogen and oxygen atoms in total. The molecule has 0 rings (SSSR count). The van der Waals surface area contributed by atoms with Crippen molar-refractivity contribution in [2.24, 2.45) is 5.92 Å². The minimum absolute atomic E-state index is 0.0986. The fraction of sp³-hybridized carbons (Fsp3) is 0.833. The maximum Gasteiger partial charge on any atom is 0.140 e. The van der Waals surface area contributed by atoms with E-state index in [1.165, 1.54) is 0 Å². The van der Waals surface area contributed by atoms with Gasteiger partial charge in [0.1, 0.15) is 11.6 Å². The minimum Gasteiger partial charge on any atom is -0.299 e. The highest BCUT2D eigenvalue weighted by molar-refractivity contribution is 5.99. The molecule has 0 aliphatic rings. The molecule has 0 saturated heterocycles. The topological polar surface area (TPSA) is 34.1 Å². The summed E-state index contributed by atoms with van der Waals surface area (Å²) in [5.41, 5.74) is 0. The summed E-state index contributed by atoms with van der Waals surface area (Å²) in [6, 6.07) is 0. The first-order valence-corrected chi connectivity index (χ1v) is 5.59. The summed E-state index contributed by atoms with van der Waals surface area (Å²) in [6.45, 7) is 6.10. The van der Waals surface area contributed by atoms with Crippen LogP contribution in [0.25, 0.3) is 0 Å². The molecule has 0 aromatic heterocycles. The Bertz CT molecular complexity index is 183. The second kappa shape index (κ2) is 7.72. The molecule has 0 aliphatic carbocycles. The summed E-state index contributed by atoms with van der Waals surface area (Å²) in [5, 5.41) is 0. The zero-order chi connectivity index (χ0) is 11.0. The molecule has 0 bridgehead atoms. The van der Waals surface area contributed by atoms with Crippen LogP contribution < -0.4 is 0 Å². The summed E-state index contributed by atoms with van der Waals surface area (Å²) in [6.07, 6.45) is 4.42. The van der Waals surface area contributed by atoms with Crippen LogP contribution in [0, 0.1) is 5.92 Å². The molecule has 0 heterocycles. The van der Waals surface area contributed by atoms with Gasteiger partial charge in [0.25, 0.3) is 0 Å². The van der Waals surface area contributed by atoms with E-state index in [-0.39, 0.29) is 18.0 Å². The van der Waals surface area contributed by atoms with Gasteiger partial charge in [-0.15, -0.1) is 0 Å². The van der Waals surface area contributed by atoms with Crippen molar-refractivity contribution in [3.8, 4) is 0 Å². The third-order valence-corrected chi connectivity index (χ3v) is 2.09. The predicted octanol–water partition coefficient (Wildman–Crippen LogP) is 3.14. The van der Waals surface area contributed by atoms with Gasteiger partial charge in [0.15, 0.2) is 0 Å². The molecule has 0 aromatic carbocycles. The van der Waals surface area contributed by atoms with Crippen LogP contribution in [-0.2, 0) is 9.59 Å². The summed E-state index contributed by atoms with van der Waals surface area (Å²) >= 11 is 0. The molecule has 0 fully saturated rings. The van der Waals surface area contributed by atoms with Crippen LogP contribution in [-0.4, -0.2) is 11.6 Å². The lowest BCUT2D eigenvalue weighted by molar-refractivity contribution is -0.127. The first-order valence-electron chi connectivity index (χ1n) is 5.59. The third-order valence-electron chi connectivity index (χ3n) is 2.09. The SMILES string of the molecule is CCCCCC(=O)CC(=O)CC(C)C. The number of unbranched alkanes of at least 4 members (excludes halogenated alkanes) is 2. The first-order chi connectivity index (χ1) is 6.56. The summed E-state index contributed by atoms with van der Waals surface area (Å²) in [7, 11) is 0. The van der Waals surface area contributed by atoms with Gasteiger partial charge in [0.2, 0.25) is 0 Å². The number of Topliss-reactive ketones (excluding diaryl/α,β-unsaturated/α-hetero) is 2. The van der Waals surface area contributed by atoms with E-state index in [1.807, 2.05) is 13.8 Å². The summed E-state index contributed by atoms with van der Waals surface area (Å²) in [5.74, 6) is 0.580. The molecule has 0 radical (unpaired) electrons. The molecule has 0 unspecified atom stereocenters. The van der Waals surface area contributed by atoms with E-state index in [1.54, 1.807) is 0 Å². The zero-order valence-corrected chi connectivity index (χ0v) is 9.64. The van der Waals surface area contributed by atoms with Gasteiger partial charge in [-0.05, 0) is 12.3 Å². The van der Waals surface area contributed by atoms with Gasteiger partial charge in [-0.25, -0.2) is 0 Å². The molecule has 2 heteroatoms. The van der Waals surface area contributed by atoms with Gasteiger partial charge in [-0.2, -0.15) is 0 Å². The van der Waals surface area contributed by atoms with Gasteiger partial charge >= 0.3 is 0 Å². The Morgan fingerprint density at radius 3 is 2.21 bits per heavy atom. The highest BCUT2D eigenvalue weighted by atomic mass is 16.1. The lowest BCUT2D eigenvalue weighted by Gasteiger charge is -2.03. The average molecular weight is 198 g/mol. The monoisotopic (exact) mass is 198 g/mol. The molecule has 0 amide bonds. The fourth-order valence-electron chi connectivity index (χ4n) is 1.41. The normalized spacial score (nSPS) is 10.6. The van der Waals surface area contributed by atoms with E-state index in [0.29, 0.717) is 18.8 Å². The van der Waals surface area contributed by atoms with Crippen LogP contribution >= 0.6 is 0 Å². The number of carbonyl (C=O) groups excluding carboxylic acids is 2. The van der Waals surface area contributed by atoms with Crippen molar-refractivity contribution in [2.75, 3.05) is 0 Å². The van der Waals surface area contributed by atoms with Gasteiger partial charge in [-0.1, -0.05) is 33.6 Å². The maximum atomic E-state index is 11.3. The van der Waals surface area contributed by atoms with Gasteiger partial charge in [0, 0.05) is 12.8 Å². The number of hydrogen-bond acceptors (Lipinski definition) is 2. The molecule has 0 spiro atoms. The van der Waals surface area contributed by atoms with Gasteiger partial charge in [0.05, 0.1) is 6.42 Å². The molecule has 0 N–H and O–H groups in total. The lowest BCUT2D eigenvalue weighted by Crippen LogP contribution is -2.09. The van der Waals surface area contributed by atoms with E-state index in [2.05, 4.69) is 6.92 Å². The Morgan fingerprint density at radius 1 is 1.07 bits per heavy atom. The van der Waals surface area contributed by atoms with Crippen molar-refractivity contribution in [3.05, 3.63) is 0 Å². The van der Waals surface area contributed by atoms with E-state index in [4.69, 9.17) is 0 Å². The van der Waals surface area contributed by atoms with Crippen molar-refractivity contribution in [2.45, 2.75) is 59.3 Å². The van der Waals surface area contributed by atoms with Crippen molar-refractivity contribution in [1.82, 2.24) is 0 Å². The molecule has 0 atom stereocenters. The minimum atomic E-state index is 0.0986. The lowest BCUT2D eigenvalue weighted by atomic mass is 10.0. The van der Waals surface area contributed by atoms with Crippen molar-refractivity contribution < 1.29 is 9.59 Å². The van der Waals surface area contributed by atoms with E-state index in [9.17, 15) is 9.59 Å². The van der Waals surface area contributed by atoms with Crippen LogP contribution in [0.3, 0.4) is 0 Å². The predicted molar refractivity (Wildman–Crippen MR) is 58.2 cm³/mol. The molecule has 14 heavy (non-hydrogen) atoms. The maximum absolute atomic E-state index is 11.3. The summed E-state index contributed by atoms with van der Waals surface area (Å²) < 4.78 is 0. The Morgan fingerprint density at radius 2 is 1.71 bits per heavy atom. The highest BCUT2D eigenvalue weighted by Gasteiger charge is 2.10. The summed E-state index contributed by atoms with van der Waals surface area (Å²) in [4.78, 5) is 22.6. The fourth-order valence-corrected chi connectivity index (χ4v) is 1.41. The van der Waals surface area contributed by atoms with Crippen LogP contribution in [0.15, 0.2) is 0 Å². The molecule has 0 aliphatic heterocycles. The smallest absolute Gasteiger partial charge is 0.140 e. The van der Waals surface area contributed by atoms with E-state index in [0.717, 1.165) is 19.3 Å². The van der Waals surface area contributed by atoms with Gasteiger partial charge in [-0.3, -0.25) is 9.59 Å². The first kappa shape index (κ1) is 13.3. The van der Waals surface area contributed by atoms with E-state index < -0.39 is 0 Å². The third kappa shape index (κ3) is 7.96. The standard InChI is InChI=1S/C12H22O2/c1-4-5-6-7-11(13)9-12(14)8-10(2)3/h10H,4-9H2,1-3H3. The van der Waals surface area contributed by atoms with Crippen molar-refractivity contribution in [3.63, 3.8) is 0 Å². The Kier molecular flexibility index (Phi) is 7.35. The largest absolute Gasteiger partial charge is 0.299 e. The van der Waals surface area contributed by atoms with E-state index >= 15 is 0 Å². The van der Waals surface area contributed by atoms with Crippen LogP contribution in [0.2, 0.25) is 0 Å². The number of carbonyl (C=O) groups is 2. The van der Waals surface area contributed by atoms with Crippen molar-refractivity contribution in [1.29, 1.82) is 0 Å². The second-order valence-electron chi connectivity index (χ2n) is 4.31. The number of ketones is 2. The molecule has 0 aromatic rings. The highest BCUT2D eigenvalue weighted by Crippen LogP contribution is 2.06. The quantitative estimate of drug-likeness (QED) is 0.443. The Balaban J connectivity index is 3.56. The number of rotatable bonds is 8. The average Bonchev–Trinajstić information content (AvgIpc) is 2.02. The van der Waals surface area contributed by atoms with Crippen LogP contribution in [0.1, 0.15) is 59.3 Å². The second-order valence-corrected chi connectivity index (χ2v) is 4.31. The zero-order valence-electron chi connectivity index (χ0n) is 9.64. The number of hydrogen-bond donors (Lipinski definition) is 0. The molecule has 0 saturated carbocycles. The molecule has 82 valence electrons. The van der Waals surface area contributed by atoms with Crippen LogP contribution in [0.4, 0.5) is 0 Å².